The van der Waals surface area contributed by atoms with Gasteiger partial charge in [0.25, 0.3) is 5.91 Å². The minimum atomic E-state index is -3.96. The molecule has 1 aromatic carbocycles. The number of nitrogens with two attached hydrogens (primary N) is 1. The summed E-state index contributed by atoms with van der Waals surface area (Å²) >= 11 is 5.82. The second kappa shape index (κ2) is 6.31. The molecule has 1 aliphatic carbocycles. The fourth-order valence-electron chi connectivity index (χ4n) is 2.05. The Balaban J connectivity index is 2.29. The Hall–Kier alpha value is -1.15. The molecule has 2 N–H and O–H groups in total. The predicted octanol–water partition coefficient (Wildman–Crippen LogP) is 1.24. The molecule has 116 valence electrons. The van der Waals surface area contributed by atoms with Crippen LogP contribution in [0.25, 0.3) is 0 Å². The van der Waals surface area contributed by atoms with E-state index in [1.165, 1.54) is 18.2 Å². The number of halogens is 1. The lowest BCUT2D eigenvalue weighted by molar-refractivity contribution is 0.0680. The Bertz CT molecular complexity index is 644. The molecule has 0 radical (unpaired) electrons. The van der Waals surface area contributed by atoms with Crippen molar-refractivity contribution < 1.29 is 17.9 Å². The van der Waals surface area contributed by atoms with Gasteiger partial charge in [-0.05, 0) is 31.0 Å². The minimum Gasteiger partial charge on any atom is -0.383 e. The number of hydrogen-bond donors (Lipinski definition) is 1. The molecule has 0 atom stereocenters. The van der Waals surface area contributed by atoms with Crippen molar-refractivity contribution in [2.24, 2.45) is 5.14 Å². The molecule has 1 amide bonds. The van der Waals surface area contributed by atoms with Gasteiger partial charge in [0.1, 0.15) is 4.90 Å². The molecule has 6 nitrogen and oxygen atoms in total. The van der Waals surface area contributed by atoms with Crippen LogP contribution >= 0.6 is 11.6 Å². The van der Waals surface area contributed by atoms with E-state index in [4.69, 9.17) is 21.5 Å². The molecule has 8 heteroatoms. The molecule has 1 aromatic rings. The lowest BCUT2D eigenvalue weighted by Crippen LogP contribution is -2.36. The van der Waals surface area contributed by atoms with Gasteiger partial charge in [0.05, 0.1) is 11.6 Å². The van der Waals surface area contributed by atoms with Crippen molar-refractivity contribution >= 4 is 27.5 Å². The van der Waals surface area contributed by atoms with Crippen LogP contribution in [0.2, 0.25) is 5.02 Å². The number of ether oxygens (including phenoxy) is 1. The summed E-state index contributed by atoms with van der Waals surface area (Å²) in [6.45, 7) is 0.894. The predicted molar refractivity (Wildman–Crippen MR) is 78.8 cm³/mol. The molecular weight excluding hydrogens is 316 g/mol. The molecule has 21 heavy (non-hydrogen) atoms. The monoisotopic (exact) mass is 332 g/mol. The maximum Gasteiger partial charge on any atom is 0.254 e. The molecule has 0 aromatic heterocycles. The number of sulfonamides is 1. The fraction of sp³-hybridized carbons (Fsp3) is 0.462. The summed E-state index contributed by atoms with van der Waals surface area (Å²) in [4.78, 5) is 14.0. The highest BCUT2D eigenvalue weighted by atomic mass is 35.5. The molecule has 0 bridgehead atoms. The van der Waals surface area contributed by atoms with E-state index in [0.717, 1.165) is 12.8 Å². The highest BCUT2D eigenvalue weighted by molar-refractivity contribution is 7.89. The van der Waals surface area contributed by atoms with Crippen LogP contribution in [0.3, 0.4) is 0 Å². The molecule has 0 saturated heterocycles. The highest BCUT2D eigenvalue weighted by Crippen LogP contribution is 2.29. The molecule has 0 aliphatic heterocycles. The zero-order chi connectivity index (χ0) is 15.6. The van der Waals surface area contributed by atoms with Crippen LogP contribution in [0.15, 0.2) is 23.1 Å². The van der Waals surface area contributed by atoms with Crippen molar-refractivity contribution in [3.63, 3.8) is 0 Å². The number of carbonyl (C=O) groups is 1. The average molecular weight is 333 g/mol. The number of benzene rings is 1. The minimum absolute atomic E-state index is 0.00362. The summed E-state index contributed by atoms with van der Waals surface area (Å²) in [7, 11) is -2.40. The topological polar surface area (TPSA) is 89.7 Å². The van der Waals surface area contributed by atoms with Crippen LogP contribution in [0.1, 0.15) is 23.2 Å². The van der Waals surface area contributed by atoms with Crippen molar-refractivity contribution in [3.05, 3.63) is 28.8 Å². The van der Waals surface area contributed by atoms with Crippen molar-refractivity contribution in [2.45, 2.75) is 23.8 Å². The first kappa shape index (κ1) is 16.2. The number of methoxy groups -OCH3 is 1. The van der Waals surface area contributed by atoms with Crippen LogP contribution in [0, 0.1) is 0 Å². The van der Waals surface area contributed by atoms with E-state index in [0.29, 0.717) is 13.2 Å². The van der Waals surface area contributed by atoms with Crippen LogP contribution < -0.4 is 5.14 Å². The van der Waals surface area contributed by atoms with E-state index < -0.39 is 10.0 Å². The third-order valence-corrected chi connectivity index (χ3v) is 4.66. The summed E-state index contributed by atoms with van der Waals surface area (Å²) in [5.41, 5.74) is 0.256. The Labute approximate surface area is 128 Å². The van der Waals surface area contributed by atoms with Gasteiger partial charge in [0.2, 0.25) is 10.0 Å². The second-order valence-electron chi connectivity index (χ2n) is 4.91. The van der Waals surface area contributed by atoms with Gasteiger partial charge in [-0.25, -0.2) is 13.6 Å². The van der Waals surface area contributed by atoms with Gasteiger partial charge in [-0.2, -0.15) is 0 Å². The summed E-state index contributed by atoms with van der Waals surface area (Å²) in [6, 6.07) is 4.29. The van der Waals surface area contributed by atoms with E-state index in [1.807, 2.05) is 0 Å². The number of nitrogens with zero attached hydrogens (tertiary/aromatic N) is 1. The number of primary sulfonamides is 1. The first-order chi connectivity index (χ1) is 9.84. The van der Waals surface area contributed by atoms with Crippen molar-refractivity contribution in [1.29, 1.82) is 0 Å². The van der Waals surface area contributed by atoms with Crippen LogP contribution in [-0.2, 0) is 14.8 Å². The number of amides is 1. The smallest absolute Gasteiger partial charge is 0.254 e. The van der Waals surface area contributed by atoms with E-state index in [-0.39, 0.29) is 27.4 Å². The van der Waals surface area contributed by atoms with Crippen LogP contribution in [-0.4, -0.2) is 45.5 Å². The fourth-order valence-corrected chi connectivity index (χ4v) is 3.12. The lowest BCUT2D eigenvalue weighted by atomic mass is 10.2. The van der Waals surface area contributed by atoms with Crippen LogP contribution in [0.5, 0.6) is 0 Å². The van der Waals surface area contributed by atoms with Gasteiger partial charge in [-0.3, -0.25) is 4.79 Å². The summed E-state index contributed by atoms with van der Waals surface area (Å²) in [6.07, 6.45) is 1.90. The molecular formula is C13H17ClN2O4S. The zero-order valence-electron chi connectivity index (χ0n) is 11.6. The summed E-state index contributed by atoms with van der Waals surface area (Å²) in [5.74, 6) is -0.240. The normalized spacial score (nSPS) is 15.0. The van der Waals surface area contributed by atoms with E-state index in [9.17, 15) is 13.2 Å². The van der Waals surface area contributed by atoms with Gasteiger partial charge in [0.15, 0.2) is 0 Å². The quantitative estimate of drug-likeness (QED) is 0.848. The van der Waals surface area contributed by atoms with E-state index in [1.54, 1.807) is 12.0 Å². The highest BCUT2D eigenvalue weighted by Gasteiger charge is 2.33. The maximum atomic E-state index is 12.5. The van der Waals surface area contributed by atoms with Gasteiger partial charge >= 0.3 is 0 Å². The SMILES string of the molecule is COCCN(C(=O)c1ccc(Cl)c(S(N)(=O)=O)c1)C1CC1. The molecule has 1 fully saturated rings. The Morgan fingerprint density at radius 1 is 1.48 bits per heavy atom. The average Bonchev–Trinajstić information content (AvgIpc) is 3.22. The number of hydrogen-bond acceptors (Lipinski definition) is 4. The second-order valence-corrected chi connectivity index (χ2v) is 6.85. The maximum absolute atomic E-state index is 12.5. The number of carbonyl (C=O) groups excluding carboxylic acids is 1. The molecule has 1 aliphatic rings. The molecule has 2 rings (SSSR count). The third-order valence-electron chi connectivity index (χ3n) is 3.27. The Morgan fingerprint density at radius 3 is 2.67 bits per heavy atom. The number of rotatable bonds is 6. The van der Waals surface area contributed by atoms with Gasteiger partial charge in [-0.1, -0.05) is 11.6 Å². The largest absolute Gasteiger partial charge is 0.383 e. The van der Waals surface area contributed by atoms with Crippen molar-refractivity contribution in [3.8, 4) is 0 Å². The Kier molecular flexibility index (Phi) is 4.88. The van der Waals surface area contributed by atoms with Crippen molar-refractivity contribution in [2.75, 3.05) is 20.3 Å². The molecule has 0 spiro atoms. The molecule has 1 saturated carbocycles. The first-order valence-electron chi connectivity index (χ1n) is 6.47. The summed E-state index contributed by atoms with van der Waals surface area (Å²) < 4.78 is 27.9. The van der Waals surface area contributed by atoms with E-state index in [2.05, 4.69) is 0 Å². The van der Waals surface area contributed by atoms with Gasteiger partial charge in [0, 0.05) is 25.3 Å². The van der Waals surface area contributed by atoms with Crippen LogP contribution in [0.4, 0.5) is 0 Å². The van der Waals surface area contributed by atoms with Gasteiger partial charge < -0.3 is 9.64 Å². The molecule has 0 unspecified atom stereocenters. The zero-order valence-corrected chi connectivity index (χ0v) is 13.2. The third kappa shape index (κ3) is 3.94. The lowest BCUT2D eigenvalue weighted by Gasteiger charge is -2.22. The molecule has 0 heterocycles. The Morgan fingerprint density at radius 2 is 2.14 bits per heavy atom. The van der Waals surface area contributed by atoms with Crippen molar-refractivity contribution in [1.82, 2.24) is 4.90 Å². The first-order valence-corrected chi connectivity index (χ1v) is 8.39. The summed E-state index contributed by atoms with van der Waals surface area (Å²) in [5, 5.41) is 5.10. The standard InChI is InChI=1S/C13H17ClN2O4S/c1-20-7-6-16(10-3-4-10)13(17)9-2-5-11(14)12(8-9)21(15,18)19/h2,5,8,10H,3-4,6-7H2,1H3,(H2,15,18,19). The van der Waals surface area contributed by atoms with E-state index >= 15 is 0 Å². The van der Waals surface area contributed by atoms with Gasteiger partial charge in [-0.15, -0.1) is 0 Å².